The molecule has 1 aliphatic heterocycles. The van der Waals surface area contributed by atoms with Crippen LogP contribution in [0.5, 0.6) is 0 Å². The maximum atomic E-state index is 13.7. The van der Waals surface area contributed by atoms with Gasteiger partial charge in [-0.1, -0.05) is 12.2 Å². The van der Waals surface area contributed by atoms with E-state index in [0.717, 1.165) is 22.3 Å². The summed E-state index contributed by atoms with van der Waals surface area (Å²) in [5.74, 6) is -0.961. The molecule has 3 aromatic rings. The smallest absolute Gasteiger partial charge is 0.123 e. The fourth-order valence-corrected chi connectivity index (χ4v) is 8.09. The summed E-state index contributed by atoms with van der Waals surface area (Å²) >= 11 is 0. The minimum absolute atomic E-state index is 0.128. The molecule has 0 N–H and O–H groups in total. The minimum atomic E-state index is -2.36. The largest absolute Gasteiger partial charge is 0.370 e. The molecule has 0 spiro atoms. The van der Waals surface area contributed by atoms with Gasteiger partial charge in [0.15, 0.2) is 0 Å². The standard InChI is InChI=1S/C24H21F3OP/c25-18-4-10-22(11-5-18)29(17-21-3-1-2-16-28-21,23-12-6-19(26)7-13-23)24-14-8-20(27)9-15-24/h1,3-15,21H,2,16-17H2/q+1. The average molecular weight is 413 g/mol. The molecule has 0 saturated carbocycles. The van der Waals surface area contributed by atoms with Gasteiger partial charge in [0.2, 0.25) is 0 Å². The number of rotatable bonds is 5. The van der Waals surface area contributed by atoms with Crippen molar-refractivity contribution in [1.29, 1.82) is 0 Å². The number of halogens is 3. The maximum Gasteiger partial charge on any atom is 0.123 e. The molecule has 5 heteroatoms. The van der Waals surface area contributed by atoms with Crippen LogP contribution in [0.1, 0.15) is 6.42 Å². The zero-order valence-corrected chi connectivity index (χ0v) is 16.7. The minimum Gasteiger partial charge on any atom is -0.370 e. The van der Waals surface area contributed by atoms with E-state index < -0.39 is 7.26 Å². The molecule has 4 rings (SSSR count). The lowest BCUT2D eigenvalue weighted by atomic mass is 10.2. The predicted molar refractivity (Wildman–Crippen MR) is 113 cm³/mol. The van der Waals surface area contributed by atoms with Gasteiger partial charge >= 0.3 is 0 Å². The summed E-state index contributed by atoms with van der Waals surface area (Å²) in [6.07, 6.45) is 5.52. The number of ether oxygens (including phenoxy) is 1. The summed E-state index contributed by atoms with van der Waals surface area (Å²) in [4.78, 5) is 0. The van der Waals surface area contributed by atoms with Gasteiger partial charge in [-0.3, -0.25) is 0 Å². The molecule has 1 unspecified atom stereocenters. The van der Waals surface area contributed by atoms with E-state index in [1.54, 1.807) is 36.4 Å². The van der Waals surface area contributed by atoms with Crippen molar-refractivity contribution in [1.82, 2.24) is 0 Å². The molecule has 1 aliphatic rings. The Morgan fingerprint density at radius 2 is 1.10 bits per heavy atom. The van der Waals surface area contributed by atoms with Crippen molar-refractivity contribution in [2.24, 2.45) is 0 Å². The van der Waals surface area contributed by atoms with Crippen molar-refractivity contribution in [3.8, 4) is 0 Å². The van der Waals surface area contributed by atoms with Gasteiger partial charge in [0.25, 0.3) is 0 Å². The summed E-state index contributed by atoms with van der Waals surface area (Å²) in [5, 5.41) is 2.83. The van der Waals surface area contributed by atoms with Gasteiger partial charge in [0.05, 0.1) is 6.61 Å². The predicted octanol–water partition coefficient (Wildman–Crippen LogP) is 4.74. The molecular weight excluding hydrogens is 392 g/mol. The molecule has 1 heterocycles. The lowest BCUT2D eigenvalue weighted by Crippen LogP contribution is -2.38. The van der Waals surface area contributed by atoms with E-state index in [-0.39, 0.29) is 23.6 Å². The van der Waals surface area contributed by atoms with Crippen LogP contribution in [0.2, 0.25) is 0 Å². The second-order valence-corrected chi connectivity index (χ2v) is 10.6. The molecule has 0 aromatic heterocycles. The molecule has 1 nitrogen and oxygen atoms in total. The fourth-order valence-electron chi connectivity index (χ4n) is 3.82. The van der Waals surface area contributed by atoms with Gasteiger partial charge in [-0.2, -0.15) is 0 Å². The van der Waals surface area contributed by atoms with E-state index in [0.29, 0.717) is 12.8 Å². The Labute approximate surface area is 169 Å². The van der Waals surface area contributed by atoms with Crippen LogP contribution in [0.3, 0.4) is 0 Å². The fraction of sp³-hybridized carbons (Fsp3) is 0.167. The summed E-state index contributed by atoms with van der Waals surface area (Å²) in [7, 11) is -2.36. The Hall–Kier alpha value is -2.42. The lowest BCUT2D eigenvalue weighted by molar-refractivity contribution is 0.0948. The third-order valence-electron chi connectivity index (χ3n) is 5.22. The van der Waals surface area contributed by atoms with E-state index >= 15 is 0 Å². The first-order chi connectivity index (χ1) is 14.1. The van der Waals surface area contributed by atoms with E-state index in [1.807, 2.05) is 0 Å². The Bertz CT molecular complexity index is 871. The maximum absolute atomic E-state index is 13.7. The van der Waals surface area contributed by atoms with Gasteiger partial charge in [0, 0.05) is 0 Å². The summed E-state index contributed by atoms with van der Waals surface area (Å²) < 4.78 is 47.2. The molecule has 0 aliphatic carbocycles. The van der Waals surface area contributed by atoms with Crippen molar-refractivity contribution in [2.75, 3.05) is 12.8 Å². The SMILES string of the molecule is Fc1ccc([P+](CC2C=CCCO2)(c2ccc(F)cc2)c2ccc(F)cc2)cc1. The van der Waals surface area contributed by atoms with Crippen LogP contribution in [-0.4, -0.2) is 18.9 Å². The van der Waals surface area contributed by atoms with Crippen LogP contribution in [0.4, 0.5) is 13.2 Å². The average Bonchev–Trinajstić information content (AvgIpc) is 2.75. The van der Waals surface area contributed by atoms with Crippen LogP contribution in [0.25, 0.3) is 0 Å². The summed E-state index contributed by atoms with van der Waals surface area (Å²) in [5.41, 5.74) is 0. The van der Waals surface area contributed by atoms with Crippen LogP contribution in [-0.2, 0) is 4.74 Å². The third kappa shape index (κ3) is 4.14. The molecule has 29 heavy (non-hydrogen) atoms. The molecule has 148 valence electrons. The molecule has 0 bridgehead atoms. The van der Waals surface area contributed by atoms with E-state index in [1.165, 1.54) is 36.4 Å². The highest BCUT2D eigenvalue weighted by Gasteiger charge is 2.47. The number of benzene rings is 3. The van der Waals surface area contributed by atoms with Crippen molar-refractivity contribution < 1.29 is 17.9 Å². The highest BCUT2D eigenvalue weighted by Crippen LogP contribution is 2.56. The van der Waals surface area contributed by atoms with Crippen LogP contribution in [0.15, 0.2) is 84.9 Å². The summed E-state index contributed by atoms with van der Waals surface area (Å²) in [6.45, 7) is 0.636. The third-order valence-corrected chi connectivity index (χ3v) is 9.67. The van der Waals surface area contributed by atoms with Gasteiger partial charge in [-0.05, 0) is 79.2 Å². The van der Waals surface area contributed by atoms with Crippen molar-refractivity contribution >= 4 is 23.2 Å². The second-order valence-electron chi connectivity index (χ2n) is 7.05. The first-order valence-corrected chi connectivity index (χ1v) is 11.5. The van der Waals surface area contributed by atoms with Gasteiger partial charge in [-0.25, -0.2) is 13.2 Å². The number of hydrogen-bond acceptors (Lipinski definition) is 1. The van der Waals surface area contributed by atoms with Crippen molar-refractivity contribution in [2.45, 2.75) is 12.5 Å². The highest BCUT2D eigenvalue weighted by atomic mass is 31.2. The Kier molecular flexibility index (Phi) is 5.84. The quantitative estimate of drug-likeness (QED) is 0.434. The number of hydrogen-bond donors (Lipinski definition) is 0. The highest BCUT2D eigenvalue weighted by molar-refractivity contribution is 7.95. The van der Waals surface area contributed by atoms with Crippen molar-refractivity contribution in [3.63, 3.8) is 0 Å². The molecule has 0 fully saturated rings. The Morgan fingerprint density at radius 1 is 0.690 bits per heavy atom. The zero-order chi connectivity index (χ0) is 20.3. The monoisotopic (exact) mass is 413 g/mol. The lowest BCUT2D eigenvalue weighted by Gasteiger charge is -2.31. The Balaban J connectivity index is 1.95. The van der Waals surface area contributed by atoms with Gasteiger partial charge in [0.1, 0.15) is 52.9 Å². The second kappa shape index (κ2) is 8.52. The van der Waals surface area contributed by atoms with Gasteiger partial charge < -0.3 is 4.74 Å². The molecule has 0 radical (unpaired) electrons. The molecule has 1 atom stereocenters. The van der Waals surface area contributed by atoms with Crippen LogP contribution < -0.4 is 15.9 Å². The Morgan fingerprint density at radius 3 is 1.45 bits per heavy atom. The van der Waals surface area contributed by atoms with E-state index in [2.05, 4.69) is 12.2 Å². The van der Waals surface area contributed by atoms with Crippen molar-refractivity contribution in [3.05, 3.63) is 102 Å². The van der Waals surface area contributed by atoms with E-state index in [9.17, 15) is 13.2 Å². The zero-order valence-electron chi connectivity index (χ0n) is 15.8. The van der Waals surface area contributed by atoms with E-state index in [4.69, 9.17) is 4.74 Å². The summed E-state index contributed by atoms with van der Waals surface area (Å²) in [6, 6.07) is 19.3. The normalized spacial score (nSPS) is 16.7. The molecular formula is C24H21F3OP+. The van der Waals surface area contributed by atoms with Gasteiger partial charge in [-0.15, -0.1) is 0 Å². The first-order valence-electron chi connectivity index (χ1n) is 9.53. The first kappa shape index (κ1) is 19.9. The van der Waals surface area contributed by atoms with Crippen LogP contribution in [0, 0.1) is 17.5 Å². The van der Waals surface area contributed by atoms with Crippen LogP contribution >= 0.6 is 7.26 Å². The molecule has 3 aromatic carbocycles. The topological polar surface area (TPSA) is 9.23 Å². The molecule has 0 amide bonds. The molecule has 0 saturated heterocycles.